The molecule has 0 bridgehead atoms. The molecule has 76 valence electrons. The van der Waals surface area contributed by atoms with Crippen LogP contribution in [0.3, 0.4) is 0 Å². The number of nitrogens with zero attached hydrogens (tertiary/aromatic N) is 1. The maximum Gasteiger partial charge on any atom is 0.159 e. The van der Waals surface area contributed by atoms with Gasteiger partial charge in [-0.15, -0.1) is 0 Å². The molecule has 1 heterocycles. The van der Waals surface area contributed by atoms with Crippen LogP contribution < -0.4 is 0 Å². The highest BCUT2D eigenvalue weighted by molar-refractivity contribution is 5.67. The zero-order valence-electron chi connectivity index (χ0n) is 8.34. The van der Waals surface area contributed by atoms with Gasteiger partial charge in [0, 0.05) is 6.07 Å². The number of rotatable bonds is 2. The van der Waals surface area contributed by atoms with Gasteiger partial charge >= 0.3 is 0 Å². The molecule has 0 unspecified atom stereocenters. The minimum Gasteiger partial charge on any atom is -0.508 e. The highest BCUT2D eigenvalue weighted by atomic mass is 16.5. The maximum absolute atomic E-state index is 9.09. The van der Waals surface area contributed by atoms with Gasteiger partial charge in [-0.3, -0.25) is 0 Å². The summed E-state index contributed by atoms with van der Waals surface area (Å²) in [6, 6.07) is 8.80. The van der Waals surface area contributed by atoms with Crippen LogP contribution in [0.15, 0.2) is 34.9 Å². The van der Waals surface area contributed by atoms with E-state index >= 15 is 0 Å². The zero-order chi connectivity index (χ0) is 10.7. The van der Waals surface area contributed by atoms with E-state index in [0.717, 1.165) is 17.0 Å². The fourth-order valence-electron chi connectivity index (χ4n) is 1.23. The second-order valence-corrected chi connectivity index (χ2v) is 3.30. The highest BCUT2D eigenvalue weighted by Gasteiger charge is 1.94. The lowest BCUT2D eigenvalue weighted by molar-refractivity contribution is 0.408. The molecule has 0 fully saturated rings. The average molecular weight is 201 g/mol. The van der Waals surface area contributed by atoms with Crippen molar-refractivity contribution in [2.75, 3.05) is 0 Å². The molecule has 0 spiro atoms. The first-order chi connectivity index (χ1) is 7.24. The van der Waals surface area contributed by atoms with E-state index in [1.807, 2.05) is 37.3 Å². The Morgan fingerprint density at radius 2 is 1.93 bits per heavy atom. The summed E-state index contributed by atoms with van der Waals surface area (Å²) in [7, 11) is 0. The van der Waals surface area contributed by atoms with Crippen molar-refractivity contribution in [2.45, 2.75) is 6.92 Å². The lowest BCUT2D eigenvalue weighted by Crippen LogP contribution is -1.70. The van der Waals surface area contributed by atoms with Crippen molar-refractivity contribution < 1.29 is 9.63 Å². The van der Waals surface area contributed by atoms with Crippen molar-refractivity contribution in [3.63, 3.8) is 0 Å². The van der Waals surface area contributed by atoms with Crippen LogP contribution in [-0.4, -0.2) is 10.3 Å². The van der Waals surface area contributed by atoms with Crippen molar-refractivity contribution in [1.29, 1.82) is 0 Å². The third-order valence-electron chi connectivity index (χ3n) is 1.98. The number of phenolic OH excluding ortho intramolecular Hbond substituents is 1. The van der Waals surface area contributed by atoms with E-state index in [-0.39, 0.29) is 5.75 Å². The van der Waals surface area contributed by atoms with Gasteiger partial charge < -0.3 is 9.63 Å². The van der Waals surface area contributed by atoms with E-state index in [4.69, 9.17) is 9.63 Å². The monoisotopic (exact) mass is 201 g/mol. The minimum absolute atomic E-state index is 0.266. The number of phenols is 1. The van der Waals surface area contributed by atoms with Crippen LogP contribution in [0, 0.1) is 6.92 Å². The van der Waals surface area contributed by atoms with Gasteiger partial charge in [-0.2, -0.15) is 0 Å². The summed E-state index contributed by atoms with van der Waals surface area (Å²) < 4.78 is 5.02. The lowest BCUT2D eigenvalue weighted by atomic mass is 10.2. The molecular weight excluding hydrogens is 190 g/mol. The van der Waals surface area contributed by atoms with Crippen LogP contribution in [0.4, 0.5) is 0 Å². The molecule has 0 aliphatic rings. The van der Waals surface area contributed by atoms with Crippen LogP contribution in [0.25, 0.3) is 12.2 Å². The van der Waals surface area contributed by atoms with E-state index in [2.05, 4.69) is 5.16 Å². The molecule has 0 aliphatic carbocycles. The van der Waals surface area contributed by atoms with E-state index in [1.54, 1.807) is 12.1 Å². The Labute approximate surface area is 87.7 Å². The number of hydrogen-bond acceptors (Lipinski definition) is 3. The molecule has 2 rings (SSSR count). The summed E-state index contributed by atoms with van der Waals surface area (Å²) in [6.45, 7) is 1.88. The van der Waals surface area contributed by atoms with Gasteiger partial charge in [0.05, 0.1) is 5.69 Å². The third kappa shape index (κ3) is 2.47. The van der Waals surface area contributed by atoms with Gasteiger partial charge in [-0.05, 0) is 30.7 Å². The highest BCUT2D eigenvalue weighted by Crippen LogP contribution is 2.13. The first-order valence-electron chi connectivity index (χ1n) is 4.64. The van der Waals surface area contributed by atoms with Gasteiger partial charge in [0.15, 0.2) is 5.76 Å². The summed E-state index contributed by atoms with van der Waals surface area (Å²) in [6.07, 6.45) is 3.74. The second-order valence-electron chi connectivity index (χ2n) is 3.30. The molecule has 2 aromatic rings. The average Bonchev–Trinajstić information content (AvgIpc) is 2.64. The first kappa shape index (κ1) is 9.52. The molecule has 0 saturated heterocycles. The molecule has 1 aromatic heterocycles. The van der Waals surface area contributed by atoms with Crippen LogP contribution >= 0.6 is 0 Å². The topological polar surface area (TPSA) is 46.3 Å². The van der Waals surface area contributed by atoms with Crippen molar-refractivity contribution in [3.8, 4) is 5.75 Å². The Kier molecular flexibility index (Phi) is 2.54. The first-order valence-corrected chi connectivity index (χ1v) is 4.64. The van der Waals surface area contributed by atoms with Gasteiger partial charge in [-0.25, -0.2) is 0 Å². The van der Waals surface area contributed by atoms with Crippen LogP contribution in [0.1, 0.15) is 17.0 Å². The number of aryl methyl sites for hydroxylation is 1. The molecular formula is C12H11NO2. The standard InChI is InChI=1S/C12H11NO2/c1-9-8-12(15-13-9)7-4-10-2-5-11(14)6-3-10/h2-8,14H,1H3. The molecule has 0 atom stereocenters. The summed E-state index contributed by atoms with van der Waals surface area (Å²) in [5.41, 5.74) is 1.86. The second kappa shape index (κ2) is 4.00. The summed E-state index contributed by atoms with van der Waals surface area (Å²) in [4.78, 5) is 0. The molecule has 0 aliphatic heterocycles. The summed E-state index contributed by atoms with van der Waals surface area (Å²) in [5.74, 6) is 0.989. The quantitative estimate of drug-likeness (QED) is 0.812. The molecule has 1 aromatic carbocycles. The number of hydrogen-bond donors (Lipinski definition) is 1. The fraction of sp³-hybridized carbons (Fsp3) is 0.0833. The van der Waals surface area contributed by atoms with Crippen molar-refractivity contribution in [3.05, 3.63) is 47.3 Å². The SMILES string of the molecule is Cc1cc(C=Cc2ccc(O)cc2)on1. The Bertz CT molecular complexity index is 469. The van der Waals surface area contributed by atoms with Gasteiger partial charge in [-0.1, -0.05) is 23.4 Å². The molecule has 1 N–H and O–H groups in total. The van der Waals surface area contributed by atoms with E-state index in [0.29, 0.717) is 0 Å². The third-order valence-corrected chi connectivity index (χ3v) is 1.98. The van der Waals surface area contributed by atoms with Gasteiger partial charge in [0.2, 0.25) is 0 Å². The van der Waals surface area contributed by atoms with Crippen LogP contribution in [0.2, 0.25) is 0 Å². The number of aromatic hydroxyl groups is 1. The van der Waals surface area contributed by atoms with Crippen molar-refractivity contribution in [2.24, 2.45) is 0 Å². The molecule has 0 radical (unpaired) electrons. The summed E-state index contributed by atoms with van der Waals surface area (Å²) >= 11 is 0. The Morgan fingerprint density at radius 3 is 2.53 bits per heavy atom. The predicted molar refractivity (Wildman–Crippen MR) is 58.3 cm³/mol. The zero-order valence-corrected chi connectivity index (χ0v) is 8.34. The predicted octanol–water partition coefficient (Wildman–Crippen LogP) is 2.86. The number of benzene rings is 1. The Morgan fingerprint density at radius 1 is 1.20 bits per heavy atom. The number of aromatic nitrogens is 1. The largest absolute Gasteiger partial charge is 0.508 e. The molecule has 3 nitrogen and oxygen atoms in total. The molecule has 0 amide bonds. The van der Waals surface area contributed by atoms with Crippen LogP contribution in [0.5, 0.6) is 5.75 Å². The lowest BCUT2D eigenvalue weighted by Gasteiger charge is -1.92. The Balaban J connectivity index is 2.14. The van der Waals surface area contributed by atoms with E-state index in [9.17, 15) is 0 Å². The summed E-state index contributed by atoms with van der Waals surface area (Å²) in [5, 5.41) is 12.9. The molecule has 3 heteroatoms. The van der Waals surface area contributed by atoms with Crippen molar-refractivity contribution in [1.82, 2.24) is 5.16 Å². The fourth-order valence-corrected chi connectivity index (χ4v) is 1.23. The van der Waals surface area contributed by atoms with Crippen LogP contribution in [-0.2, 0) is 0 Å². The Hall–Kier alpha value is -2.03. The smallest absolute Gasteiger partial charge is 0.159 e. The molecule has 0 saturated carbocycles. The van der Waals surface area contributed by atoms with Gasteiger partial charge in [0.1, 0.15) is 5.75 Å². The maximum atomic E-state index is 9.09. The molecule has 15 heavy (non-hydrogen) atoms. The van der Waals surface area contributed by atoms with Gasteiger partial charge in [0.25, 0.3) is 0 Å². The van der Waals surface area contributed by atoms with E-state index in [1.165, 1.54) is 0 Å². The minimum atomic E-state index is 0.266. The normalized spacial score (nSPS) is 11.0. The van der Waals surface area contributed by atoms with Crippen molar-refractivity contribution >= 4 is 12.2 Å². The van der Waals surface area contributed by atoms with E-state index < -0.39 is 0 Å².